The van der Waals surface area contributed by atoms with Crippen LogP contribution >= 0.6 is 11.7 Å². The topological polar surface area (TPSA) is 121 Å². The number of benzene rings is 1. The van der Waals surface area contributed by atoms with Crippen molar-refractivity contribution in [3.63, 3.8) is 0 Å². The van der Waals surface area contributed by atoms with Gasteiger partial charge in [0.2, 0.25) is 21.8 Å². The number of nitrogens with zero attached hydrogens (tertiary/aromatic N) is 3. The molecule has 1 aliphatic heterocycles. The summed E-state index contributed by atoms with van der Waals surface area (Å²) in [7, 11) is -3.73. The third-order valence-corrected chi connectivity index (χ3v) is 8.88. The van der Waals surface area contributed by atoms with Crippen LogP contribution in [0.25, 0.3) is 11.0 Å². The van der Waals surface area contributed by atoms with Gasteiger partial charge in [-0.2, -0.15) is 13.1 Å². The summed E-state index contributed by atoms with van der Waals surface area (Å²) in [5.41, 5.74) is 0.946. The SMILES string of the molecule is CC[C@H](C)[C@H](NC(=O)C1CCN(S(=O)(=O)c2cccc3nsnc23)CC1)C(=O)NC1CC1. The van der Waals surface area contributed by atoms with Crippen molar-refractivity contribution in [1.82, 2.24) is 23.7 Å². The summed E-state index contributed by atoms with van der Waals surface area (Å²) < 4.78 is 36.1. The van der Waals surface area contributed by atoms with E-state index in [2.05, 4.69) is 19.4 Å². The lowest BCUT2D eigenvalue weighted by Gasteiger charge is -2.32. The molecular weight excluding hydrogens is 450 g/mol. The first kappa shape index (κ1) is 23.1. The Hall–Kier alpha value is -2.11. The number of hydrogen-bond acceptors (Lipinski definition) is 7. The van der Waals surface area contributed by atoms with Crippen LogP contribution in [0.2, 0.25) is 0 Å². The summed E-state index contributed by atoms with van der Waals surface area (Å²) in [6, 6.07) is 4.62. The second kappa shape index (κ2) is 9.40. The zero-order valence-electron chi connectivity index (χ0n) is 18.3. The highest BCUT2D eigenvalue weighted by molar-refractivity contribution is 7.89. The van der Waals surface area contributed by atoms with Crippen molar-refractivity contribution in [1.29, 1.82) is 0 Å². The van der Waals surface area contributed by atoms with Crippen molar-refractivity contribution >= 4 is 44.6 Å². The minimum absolute atomic E-state index is 0.0189. The minimum atomic E-state index is -3.73. The molecule has 2 amide bonds. The van der Waals surface area contributed by atoms with E-state index >= 15 is 0 Å². The lowest BCUT2D eigenvalue weighted by atomic mass is 9.94. The van der Waals surface area contributed by atoms with E-state index in [0.29, 0.717) is 23.9 Å². The van der Waals surface area contributed by atoms with Crippen molar-refractivity contribution < 1.29 is 18.0 Å². The lowest BCUT2D eigenvalue weighted by Crippen LogP contribution is -2.53. The van der Waals surface area contributed by atoms with Crippen LogP contribution in [0.5, 0.6) is 0 Å². The molecule has 9 nitrogen and oxygen atoms in total. The van der Waals surface area contributed by atoms with Crippen molar-refractivity contribution in [2.24, 2.45) is 11.8 Å². The van der Waals surface area contributed by atoms with E-state index in [4.69, 9.17) is 0 Å². The number of fused-ring (bicyclic) bond motifs is 1. The highest BCUT2D eigenvalue weighted by Gasteiger charge is 2.36. The van der Waals surface area contributed by atoms with Crippen molar-refractivity contribution in [2.45, 2.75) is 62.9 Å². The number of aromatic nitrogens is 2. The van der Waals surface area contributed by atoms with E-state index in [9.17, 15) is 18.0 Å². The molecule has 1 aromatic carbocycles. The van der Waals surface area contributed by atoms with Gasteiger partial charge in [-0.1, -0.05) is 26.3 Å². The van der Waals surface area contributed by atoms with Crippen molar-refractivity contribution in [2.75, 3.05) is 13.1 Å². The average Bonchev–Trinajstić information content (AvgIpc) is 3.48. The molecule has 0 radical (unpaired) electrons. The van der Waals surface area contributed by atoms with Gasteiger partial charge in [-0.15, -0.1) is 0 Å². The van der Waals surface area contributed by atoms with E-state index in [1.54, 1.807) is 18.2 Å². The maximum atomic E-state index is 13.2. The highest BCUT2D eigenvalue weighted by atomic mass is 32.2. The predicted molar refractivity (Wildman–Crippen MR) is 121 cm³/mol. The first-order valence-corrected chi connectivity index (χ1v) is 13.3. The van der Waals surface area contributed by atoms with Gasteiger partial charge in [0.05, 0.1) is 11.7 Å². The molecule has 1 saturated carbocycles. The van der Waals surface area contributed by atoms with Gasteiger partial charge >= 0.3 is 0 Å². The second-order valence-corrected chi connectivity index (χ2v) is 11.2. The Morgan fingerprint density at radius 3 is 2.56 bits per heavy atom. The molecule has 2 aliphatic rings. The summed E-state index contributed by atoms with van der Waals surface area (Å²) in [6.07, 6.45) is 3.58. The number of rotatable bonds is 8. The van der Waals surface area contributed by atoms with Crippen LogP contribution in [0, 0.1) is 11.8 Å². The number of carbonyl (C=O) groups is 2. The zero-order chi connectivity index (χ0) is 22.9. The molecular formula is C21H29N5O4S2. The van der Waals surface area contributed by atoms with Crippen LogP contribution in [-0.2, 0) is 19.6 Å². The first-order chi connectivity index (χ1) is 15.3. The monoisotopic (exact) mass is 479 g/mol. The van der Waals surface area contributed by atoms with Gasteiger partial charge < -0.3 is 10.6 Å². The molecule has 11 heteroatoms. The smallest absolute Gasteiger partial charge is 0.245 e. The van der Waals surface area contributed by atoms with Gasteiger partial charge in [0, 0.05) is 25.0 Å². The molecule has 2 aromatic rings. The summed E-state index contributed by atoms with van der Waals surface area (Å²) in [4.78, 5) is 25.7. The van der Waals surface area contributed by atoms with Crippen molar-refractivity contribution in [3.8, 4) is 0 Å². The molecule has 2 heterocycles. The Morgan fingerprint density at radius 2 is 1.91 bits per heavy atom. The Kier molecular flexibility index (Phi) is 6.78. The van der Waals surface area contributed by atoms with Crippen LogP contribution in [0.15, 0.2) is 23.1 Å². The maximum absolute atomic E-state index is 13.2. The quantitative estimate of drug-likeness (QED) is 0.596. The minimum Gasteiger partial charge on any atom is -0.352 e. The van der Waals surface area contributed by atoms with Gasteiger partial charge in [-0.05, 0) is 43.7 Å². The van der Waals surface area contributed by atoms with Crippen LogP contribution in [0.1, 0.15) is 46.0 Å². The summed E-state index contributed by atoms with van der Waals surface area (Å²) in [5, 5.41) is 5.92. The number of nitrogens with one attached hydrogen (secondary N) is 2. The van der Waals surface area contributed by atoms with E-state index < -0.39 is 16.1 Å². The van der Waals surface area contributed by atoms with E-state index in [-0.39, 0.29) is 47.7 Å². The number of hydrogen-bond donors (Lipinski definition) is 2. The van der Waals surface area contributed by atoms with Gasteiger partial charge in [0.25, 0.3) is 0 Å². The van der Waals surface area contributed by atoms with Gasteiger partial charge in [0.1, 0.15) is 22.0 Å². The fraction of sp³-hybridized carbons (Fsp3) is 0.619. The zero-order valence-corrected chi connectivity index (χ0v) is 19.9. The normalized spacial score (nSPS) is 20.1. The number of piperidine rings is 1. The molecule has 32 heavy (non-hydrogen) atoms. The van der Waals surface area contributed by atoms with E-state index in [1.807, 2.05) is 13.8 Å². The fourth-order valence-electron chi connectivity index (χ4n) is 3.98. The van der Waals surface area contributed by atoms with Crippen molar-refractivity contribution in [3.05, 3.63) is 18.2 Å². The largest absolute Gasteiger partial charge is 0.352 e. The molecule has 2 N–H and O–H groups in total. The average molecular weight is 480 g/mol. The summed E-state index contributed by atoms with van der Waals surface area (Å²) >= 11 is 0.985. The molecule has 2 atom stereocenters. The Balaban J connectivity index is 1.39. The van der Waals surface area contributed by atoms with Crippen LogP contribution < -0.4 is 10.6 Å². The number of amides is 2. The Morgan fingerprint density at radius 1 is 1.19 bits per heavy atom. The molecule has 0 spiro atoms. The molecule has 0 bridgehead atoms. The molecule has 0 unspecified atom stereocenters. The van der Waals surface area contributed by atoms with Gasteiger partial charge in [0.15, 0.2) is 0 Å². The summed E-state index contributed by atoms with van der Waals surface area (Å²) in [6.45, 7) is 4.45. The third-order valence-electron chi connectivity index (χ3n) is 6.41. The second-order valence-electron chi connectivity index (χ2n) is 8.72. The fourth-order valence-corrected chi connectivity index (χ4v) is 6.20. The predicted octanol–water partition coefficient (Wildman–Crippen LogP) is 1.90. The number of sulfonamides is 1. The molecule has 1 aromatic heterocycles. The molecule has 4 rings (SSSR count). The third kappa shape index (κ3) is 4.79. The van der Waals surface area contributed by atoms with Crippen LogP contribution in [0.3, 0.4) is 0 Å². The van der Waals surface area contributed by atoms with Crippen LogP contribution in [0.4, 0.5) is 0 Å². The Bertz CT molecular complexity index is 1090. The lowest BCUT2D eigenvalue weighted by molar-refractivity contribution is -0.133. The Labute approximate surface area is 192 Å². The standard InChI is InChI=1S/C21H29N5O4S2/c1-3-13(2)18(21(28)22-15-7-8-15)23-20(27)14-9-11-26(12-10-14)32(29,30)17-6-4-5-16-19(17)25-31-24-16/h4-6,13-15,18H,3,7-12H2,1-2H3,(H,22,28)(H,23,27)/t13-,18-/m0/s1. The number of carbonyl (C=O) groups excluding carboxylic acids is 2. The molecule has 174 valence electrons. The summed E-state index contributed by atoms with van der Waals surface area (Å²) in [5.74, 6) is -0.604. The molecule has 2 fully saturated rings. The van der Waals surface area contributed by atoms with E-state index in [1.165, 1.54) is 4.31 Å². The van der Waals surface area contributed by atoms with E-state index in [0.717, 1.165) is 31.0 Å². The van der Waals surface area contributed by atoms with Gasteiger partial charge in [-0.25, -0.2) is 8.42 Å². The molecule has 1 saturated heterocycles. The first-order valence-electron chi connectivity index (χ1n) is 11.1. The highest BCUT2D eigenvalue weighted by Crippen LogP contribution is 2.28. The maximum Gasteiger partial charge on any atom is 0.245 e. The van der Waals surface area contributed by atoms with Gasteiger partial charge in [-0.3, -0.25) is 9.59 Å². The van der Waals surface area contributed by atoms with Crippen LogP contribution in [-0.4, -0.2) is 58.5 Å². The molecule has 1 aliphatic carbocycles.